The van der Waals surface area contributed by atoms with Crippen LogP contribution in [0.1, 0.15) is 18.1 Å². The van der Waals surface area contributed by atoms with Crippen LogP contribution in [-0.4, -0.2) is 24.0 Å². The third-order valence-electron chi connectivity index (χ3n) is 3.09. The number of phenolic OH excluding ortho intramolecular Hbond substituents is 1. The van der Waals surface area contributed by atoms with E-state index < -0.39 is 6.03 Å². The minimum atomic E-state index is -0.462. The average molecular weight is 313 g/mol. The van der Waals surface area contributed by atoms with Crippen molar-refractivity contribution >= 4 is 17.9 Å². The van der Waals surface area contributed by atoms with Crippen LogP contribution in [0.2, 0.25) is 0 Å². The lowest BCUT2D eigenvalue weighted by Gasteiger charge is -2.08. The molecule has 2 aromatic rings. The zero-order valence-electron chi connectivity index (χ0n) is 13.0. The Balaban J connectivity index is 1.98. The van der Waals surface area contributed by atoms with Crippen molar-refractivity contribution in [3.63, 3.8) is 0 Å². The first-order valence-electron chi connectivity index (χ1n) is 7.22. The Labute approximate surface area is 134 Å². The zero-order chi connectivity index (χ0) is 16.7. The van der Waals surface area contributed by atoms with Gasteiger partial charge in [0.05, 0.1) is 12.8 Å². The Kier molecular flexibility index (Phi) is 5.57. The summed E-state index contributed by atoms with van der Waals surface area (Å²) in [5.74, 6) is 0.361. The van der Waals surface area contributed by atoms with Crippen molar-refractivity contribution in [3.05, 3.63) is 53.6 Å². The molecule has 0 aliphatic heterocycles. The van der Waals surface area contributed by atoms with Gasteiger partial charge < -0.3 is 15.2 Å². The second-order valence-electron chi connectivity index (χ2n) is 4.77. The molecule has 0 unspecified atom stereocenters. The number of nitrogens with one attached hydrogen (secondary N) is 2. The van der Waals surface area contributed by atoms with Crippen LogP contribution in [0, 0.1) is 6.92 Å². The summed E-state index contributed by atoms with van der Waals surface area (Å²) in [5.41, 5.74) is 4.47. The summed E-state index contributed by atoms with van der Waals surface area (Å²) in [6, 6.07) is 12.0. The lowest BCUT2D eigenvalue weighted by molar-refractivity contribution is 0.252. The van der Waals surface area contributed by atoms with Crippen LogP contribution in [0.15, 0.2) is 47.6 Å². The van der Waals surface area contributed by atoms with Crippen LogP contribution in [0.5, 0.6) is 11.5 Å². The number of hydrogen-bond acceptors (Lipinski definition) is 4. The number of phenols is 1. The largest absolute Gasteiger partial charge is 0.504 e. The maximum absolute atomic E-state index is 11.8. The number of hydrazone groups is 1. The minimum Gasteiger partial charge on any atom is -0.504 e. The van der Waals surface area contributed by atoms with Crippen LogP contribution in [0.3, 0.4) is 0 Å². The molecule has 0 heterocycles. The first-order valence-corrected chi connectivity index (χ1v) is 7.22. The van der Waals surface area contributed by atoms with Crippen LogP contribution < -0.4 is 15.5 Å². The van der Waals surface area contributed by atoms with Crippen molar-refractivity contribution in [1.29, 1.82) is 0 Å². The van der Waals surface area contributed by atoms with Crippen LogP contribution in [0.25, 0.3) is 0 Å². The standard InChI is InChI=1S/C17H19N3O3/c1-3-23-15-10-6-8-13(16(15)21)11-18-20-17(22)19-14-9-5-4-7-12(14)2/h4-11,21H,3H2,1-2H3,(H2,19,20,22). The van der Waals surface area contributed by atoms with E-state index in [1.54, 1.807) is 24.3 Å². The quantitative estimate of drug-likeness (QED) is 0.585. The van der Waals surface area contributed by atoms with E-state index >= 15 is 0 Å². The van der Waals surface area contributed by atoms with Crippen LogP contribution >= 0.6 is 0 Å². The highest BCUT2D eigenvalue weighted by Gasteiger charge is 2.06. The minimum absolute atomic E-state index is 0.0146. The van der Waals surface area contributed by atoms with Gasteiger partial charge in [-0.1, -0.05) is 24.3 Å². The SMILES string of the molecule is CCOc1cccc(C=NNC(=O)Nc2ccccc2C)c1O. The number of anilines is 1. The number of nitrogens with zero attached hydrogens (tertiary/aromatic N) is 1. The molecule has 0 aliphatic carbocycles. The lowest BCUT2D eigenvalue weighted by Crippen LogP contribution is -2.24. The third-order valence-corrected chi connectivity index (χ3v) is 3.09. The molecule has 0 fully saturated rings. The molecule has 0 aromatic heterocycles. The van der Waals surface area contributed by atoms with Gasteiger partial charge in [0.1, 0.15) is 0 Å². The predicted octanol–water partition coefficient (Wildman–Crippen LogP) is 3.25. The highest BCUT2D eigenvalue weighted by Crippen LogP contribution is 2.28. The van der Waals surface area contributed by atoms with Gasteiger partial charge in [0.2, 0.25) is 0 Å². The molecule has 0 spiro atoms. The normalized spacial score (nSPS) is 10.5. The van der Waals surface area contributed by atoms with Crippen LogP contribution in [0.4, 0.5) is 10.5 Å². The van der Waals surface area contributed by atoms with E-state index in [1.165, 1.54) is 6.21 Å². The maximum Gasteiger partial charge on any atom is 0.339 e. The molecule has 2 amide bonds. The summed E-state index contributed by atoms with van der Waals surface area (Å²) >= 11 is 0. The molecule has 6 heteroatoms. The number of aromatic hydroxyl groups is 1. The molecule has 0 radical (unpaired) electrons. The monoisotopic (exact) mass is 313 g/mol. The van der Waals surface area contributed by atoms with E-state index in [-0.39, 0.29) is 5.75 Å². The van der Waals surface area contributed by atoms with Gasteiger partial charge in [0.25, 0.3) is 0 Å². The summed E-state index contributed by atoms with van der Waals surface area (Å²) in [6.45, 7) is 4.18. The number of amides is 2. The van der Waals surface area contributed by atoms with Gasteiger partial charge in [0.15, 0.2) is 11.5 Å². The molecule has 2 rings (SSSR count). The number of ether oxygens (including phenoxy) is 1. The molecular formula is C17H19N3O3. The number of aryl methyl sites for hydroxylation is 1. The van der Waals surface area contributed by atoms with Crippen molar-refractivity contribution in [2.24, 2.45) is 5.10 Å². The average Bonchev–Trinajstić information content (AvgIpc) is 2.53. The third kappa shape index (κ3) is 4.47. The number of carbonyl (C=O) groups is 1. The molecule has 0 bridgehead atoms. The van der Waals surface area contributed by atoms with Crippen molar-refractivity contribution in [3.8, 4) is 11.5 Å². The van der Waals surface area contributed by atoms with E-state index in [4.69, 9.17) is 4.74 Å². The van der Waals surface area contributed by atoms with Crippen molar-refractivity contribution in [2.45, 2.75) is 13.8 Å². The molecule has 120 valence electrons. The van der Waals surface area contributed by atoms with Crippen molar-refractivity contribution in [2.75, 3.05) is 11.9 Å². The molecule has 3 N–H and O–H groups in total. The smallest absolute Gasteiger partial charge is 0.339 e. The van der Waals surface area contributed by atoms with Gasteiger partial charge in [-0.2, -0.15) is 5.10 Å². The highest BCUT2D eigenvalue weighted by molar-refractivity contribution is 5.91. The fourth-order valence-corrected chi connectivity index (χ4v) is 1.94. The Hall–Kier alpha value is -3.02. The molecule has 0 saturated heterocycles. The summed E-state index contributed by atoms with van der Waals surface area (Å²) < 4.78 is 5.29. The van der Waals surface area contributed by atoms with E-state index in [1.807, 2.05) is 32.0 Å². The van der Waals surface area contributed by atoms with Gasteiger partial charge >= 0.3 is 6.03 Å². The molecule has 0 saturated carbocycles. The predicted molar refractivity (Wildman–Crippen MR) is 90.2 cm³/mol. The number of carbonyl (C=O) groups excluding carboxylic acids is 1. The number of rotatable bonds is 5. The first-order chi connectivity index (χ1) is 11.1. The van der Waals surface area contributed by atoms with Crippen LogP contribution in [-0.2, 0) is 0 Å². The van der Waals surface area contributed by atoms with E-state index in [0.29, 0.717) is 23.6 Å². The molecule has 0 aliphatic rings. The Morgan fingerprint density at radius 3 is 2.78 bits per heavy atom. The molecule has 23 heavy (non-hydrogen) atoms. The zero-order valence-corrected chi connectivity index (χ0v) is 13.0. The van der Waals surface area contributed by atoms with Crippen molar-refractivity contribution < 1.29 is 14.6 Å². The summed E-state index contributed by atoms with van der Waals surface area (Å²) in [5, 5.41) is 16.5. The van der Waals surface area contributed by atoms with E-state index in [0.717, 1.165) is 5.56 Å². The van der Waals surface area contributed by atoms with Gasteiger partial charge in [-0.15, -0.1) is 0 Å². The van der Waals surface area contributed by atoms with Gasteiger partial charge in [0, 0.05) is 11.3 Å². The highest BCUT2D eigenvalue weighted by atomic mass is 16.5. The summed E-state index contributed by atoms with van der Waals surface area (Å²) in [7, 11) is 0. The second kappa shape index (κ2) is 7.84. The Bertz CT molecular complexity index is 714. The molecule has 0 atom stereocenters. The molecular weight excluding hydrogens is 294 g/mol. The van der Waals surface area contributed by atoms with Gasteiger partial charge in [-0.05, 0) is 37.6 Å². The molecule has 2 aromatic carbocycles. The molecule has 6 nitrogen and oxygen atoms in total. The second-order valence-corrected chi connectivity index (χ2v) is 4.77. The summed E-state index contributed by atoms with van der Waals surface area (Å²) in [6.07, 6.45) is 1.36. The van der Waals surface area contributed by atoms with E-state index in [9.17, 15) is 9.90 Å². The van der Waals surface area contributed by atoms with Crippen molar-refractivity contribution in [1.82, 2.24) is 5.43 Å². The number of para-hydroxylation sites is 2. The lowest BCUT2D eigenvalue weighted by atomic mass is 10.2. The topological polar surface area (TPSA) is 83.0 Å². The summed E-state index contributed by atoms with van der Waals surface area (Å²) in [4.78, 5) is 11.8. The van der Waals surface area contributed by atoms with E-state index in [2.05, 4.69) is 15.8 Å². The van der Waals surface area contributed by atoms with Gasteiger partial charge in [-0.3, -0.25) is 0 Å². The fraction of sp³-hybridized carbons (Fsp3) is 0.176. The Morgan fingerprint density at radius 2 is 2.04 bits per heavy atom. The Morgan fingerprint density at radius 1 is 1.26 bits per heavy atom. The fourth-order valence-electron chi connectivity index (χ4n) is 1.94. The maximum atomic E-state index is 11.8. The van der Waals surface area contributed by atoms with Gasteiger partial charge in [-0.25, -0.2) is 10.2 Å². The number of hydrogen-bond donors (Lipinski definition) is 3. The number of benzene rings is 2. The first kappa shape index (κ1) is 16.4. The number of urea groups is 1.